The Hall–Kier alpha value is -0.600. The molecule has 0 spiro atoms. The van der Waals surface area contributed by atoms with Crippen LogP contribution < -0.4 is 0 Å². The van der Waals surface area contributed by atoms with Crippen LogP contribution in [0, 0.1) is 23.7 Å². The summed E-state index contributed by atoms with van der Waals surface area (Å²) in [6.07, 6.45) is 17.0. The van der Waals surface area contributed by atoms with Crippen molar-refractivity contribution < 1.29 is 9.47 Å². The van der Waals surface area contributed by atoms with Crippen LogP contribution in [0.3, 0.4) is 0 Å². The summed E-state index contributed by atoms with van der Waals surface area (Å²) in [6, 6.07) is 0. The van der Waals surface area contributed by atoms with E-state index in [1.165, 1.54) is 38.5 Å². The van der Waals surface area contributed by atoms with Gasteiger partial charge in [0.25, 0.3) is 0 Å². The van der Waals surface area contributed by atoms with E-state index >= 15 is 0 Å². The van der Waals surface area contributed by atoms with Crippen molar-refractivity contribution >= 4 is 0 Å². The normalized spacial score (nSPS) is 27.7. The van der Waals surface area contributed by atoms with Crippen molar-refractivity contribution in [3.8, 4) is 0 Å². The number of hydrogen-bond acceptors (Lipinski definition) is 2. The molecule has 0 saturated carbocycles. The highest BCUT2D eigenvalue weighted by Crippen LogP contribution is 2.39. The summed E-state index contributed by atoms with van der Waals surface area (Å²) in [4.78, 5) is 0. The molecule has 0 saturated heterocycles. The highest BCUT2D eigenvalue weighted by molar-refractivity contribution is 4.97. The number of allylic oxidation sites excluding steroid dienone is 4. The summed E-state index contributed by atoms with van der Waals surface area (Å²) in [6.45, 7) is 7.69. The van der Waals surface area contributed by atoms with Crippen LogP contribution in [0.4, 0.5) is 0 Å². The molecule has 2 heteroatoms. The Bertz CT molecular complexity index is 314. The van der Waals surface area contributed by atoms with Crippen LogP contribution in [0.2, 0.25) is 0 Å². The molecule has 4 atom stereocenters. The van der Waals surface area contributed by atoms with E-state index in [-0.39, 0.29) is 0 Å². The van der Waals surface area contributed by atoms with Crippen LogP contribution in [-0.4, -0.2) is 26.4 Å². The third-order valence-electron chi connectivity index (χ3n) is 5.41. The fraction of sp³-hybridized carbons (Fsp3) is 0.800. The minimum absolute atomic E-state index is 0.646. The van der Waals surface area contributed by atoms with Gasteiger partial charge in [0.05, 0.1) is 13.2 Å². The Kier molecular flexibility index (Phi) is 8.25. The van der Waals surface area contributed by atoms with Crippen LogP contribution >= 0.6 is 0 Å². The summed E-state index contributed by atoms with van der Waals surface area (Å²) in [7, 11) is 0. The maximum absolute atomic E-state index is 5.90. The van der Waals surface area contributed by atoms with E-state index in [0.29, 0.717) is 11.8 Å². The highest BCUT2D eigenvalue weighted by Gasteiger charge is 2.34. The van der Waals surface area contributed by atoms with Crippen LogP contribution in [0.5, 0.6) is 0 Å². The van der Waals surface area contributed by atoms with E-state index in [9.17, 15) is 0 Å². The van der Waals surface area contributed by atoms with Crippen LogP contribution in [0.25, 0.3) is 0 Å². The van der Waals surface area contributed by atoms with E-state index in [4.69, 9.17) is 9.47 Å². The second-order valence-electron chi connectivity index (χ2n) is 6.74. The van der Waals surface area contributed by atoms with Gasteiger partial charge in [-0.3, -0.25) is 0 Å². The average molecular weight is 306 g/mol. The molecule has 0 bridgehead atoms. The maximum atomic E-state index is 5.90. The molecular weight excluding hydrogens is 272 g/mol. The second kappa shape index (κ2) is 10.2. The van der Waals surface area contributed by atoms with E-state index < -0.39 is 0 Å². The molecule has 0 fully saturated rings. The molecule has 22 heavy (non-hydrogen) atoms. The zero-order valence-electron chi connectivity index (χ0n) is 14.5. The Morgan fingerprint density at radius 3 is 1.55 bits per heavy atom. The van der Waals surface area contributed by atoms with Crippen molar-refractivity contribution in [1.82, 2.24) is 0 Å². The zero-order chi connectivity index (χ0) is 15.6. The van der Waals surface area contributed by atoms with E-state index in [2.05, 4.69) is 38.2 Å². The topological polar surface area (TPSA) is 18.5 Å². The Morgan fingerprint density at radius 2 is 1.23 bits per heavy atom. The Labute approximate surface area is 137 Å². The zero-order valence-corrected chi connectivity index (χ0v) is 14.5. The summed E-state index contributed by atoms with van der Waals surface area (Å²) < 4.78 is 11.8. The quantitative estimate of drug-likeness (QED) is 0.558. The molecule has 0 heterocycles. The third-order valence-corrected chi connectivity index (χ3v) is 5.41. The van der Waals surface area contributed by atoms with E-state index in [1.807, 2.05) is 0 Å². The maximum Gasteiger partial charge on any atom is 0.0500 e. The molecule has 0 aromatic heterocycles. The van der Waals surface area contributed by atoms with Crippen LogP contribution in [-0.2, 0) is 9.47 Å². The predicted molar refractivity (Wildman–Crippen MR) is 92.9 cm³/mol. The minimum Gasteiger partial charge on any atom is -0.381 e. The van der Waals surface area contributed by atoms with Gasteiger partial charge in [0.1, 0.15) is 0 Å². The number of ether oxygens (including phenoxy) is 2. The molecule has 0 amide bonds. The predicted octanol–water partition coefficient (Wildman–Crippen LogP) is 5.00. The molecule has 2 rings (SSSR count). The van der Waals surface area contributed by atoms with Crippen molar-refractivity contribution in [3.05, 3.63) is 24.3 Å². The van der Waals surface area contributed by atoms with Gasteiger partial charge in [-0.2, -0.15) is 0 Å². The van der Waals surface area contributed by atoms with Gasteiger partial charge in [-0.25, -0.2) is 0 Å². The molecule has 4 unspecified atom stereocenters. The lowest BCUT2D eigenvalue weighted by Crippen LogP contribution is -2.36. The third kappa shape index (κ3) is 5.24. The van der Waals surface area contributed by atoms with Gasteiger partial charge in [-0.1, -0.05) is 24.3 Å². The lowest BCUT2D eigenvalue weighted by Gasteiger charge is -2.39. The largest absolute Gasteiger partial charge is 0.381 e. The molecule has 0 aliphatic heterocycles. The fourth-order valence-electron chi connectivity index (χ4n) is 4.14. The molecular formula is C20H34O2. The summed E-state index contributed by atoms with van der Waals surface area (Å²) >= 11 is 0. The van der Waals surface area contributed by atoms with Gasteiger partial charge >= 0.3 is 0 Å². The first-order chi connectivity index (χ1) is 10.9. The van der Waals surface area contributed by atoms with E-state index in [1.54, 1.807) is 0 Å². The summed E-state index contributed by atoms with van der Waals surface area (Å²) in [5.74, 6) is 2.83. The van der Waals surface area contributed by atoms with Crippen molar-refractivity contribution in [2.45, 2.75) is 52.4 Å². The first-order valence-electron chi connectivity index (χ1n) is 9.32. The molecule has 2 aliphatic carbocycles. The van der Waals surface area contributed by atoms with Crippen molar-refractivity contribution in [1.29, 1.82) is 0 Å². The van der Waals surface area contributed by atoms with Gasteiger partial charge in [0.2, 0.25) is 0 Å². The molecule has 0 N–H and O–H groups in total. The summed E-state index contributed by atoms with van der Waals surface area (Å²) in [5, 5.41) is 0. The monoisotopic (exact) mass is 306 g/mol. The van der Waals surface area contributed by atoms with Gasteiger partial charge in [0, 0.05) is 13.2 Å². The lowest BCUT2D eigenvalue weighted by molar-refractivity contribution is -0.0115. The Balaban J connectivity index is 2.09. The molecule has 2 aliphatic rings. The first kappa shape index (κ1) is 17.7. The van der Waals surface area contributed by atoms with Crippen LogP contribution in [0.1, 0.15) is 52.4 Å². The molecule has 0 aromatic rings. The van der Waals surface area contributed by atoms with Gasteiger partial charge in [-0.05, 0) is 76.0 Å². The van der Waals surface area contributed by atoms with Gasteiger partial charge in [0.15, 0.2) is 0 Å². The second-order valence-corrected chi connectivity index (χ2v) is 6.74. The first-order valence-corrected chi connectivity index (χ1v) is 9.32. The highest BCUT2D eigenvalue weighted by atomic mass is 16.5. The Morgan fingerprint density at radius 1 is 0.773 bits per heavy atom. The SMILES string of the molecule is CCOCC(C1CC=CCC1)C(COCC)C1CC=CCC1. The fourth-order valence-corrected chi connectivity index (χ4v) is 4.14. The molecule has 126 valence electrons. The standard InChI is InChI=1S/C20H34O2/c1-3-21-15-19(17-11-7-5-8-12-17)20(16-22-4-2)18-13-9-6-10-14-18/h5-7,9,17-20H,3-4,8,10-16H2,1-2H3. The minimum atomic E-state index is 0.646. The number of rotatable bonds is 9. The smallest absolute Gasteiger partial charge is 0.0500 e. The lowest BCUT2D eigenvalue weighted by atomic mass is 9.69. The van der Waals surface area contributed by atoms with Crippen LogP contribution in [0.15, 0.2) is 24.3 Å². The van der Waals surface area contributed by atoms with E-state index in [0.717, 1.165) is 38.3 Å². The van der Waals surface area contributed by atoms with Crippen molar-refractivity contribution in [3.63, 3.8) is 0 Å². The molecule has 2 nitrogen and oxygen atoms in total. The molecule has 0 radical (unpaired) electrons. The van der Waals surface area contributed by atoms with Crippen molar-refractivity contribution in [2.24, 2.45) is 23.7 Å². The van der Waals surface area contributed by atoms with Gasteiger partial charge < -0.3 is 9.47 Å². The van der Waals surface area contributed by atoms with Crippen molar-refractivity contribution in [2.75, 3.05) is 26.4 Å². The number of hydrogen-bond donors (Lipinski definition) is 0. The molecule has 0 aromatic carbocycles. The summed E-state index contributed by atoms with van der Waals surface area (Å²) in [5.41, 5.74) is 0. The van der Waals surface area contributed by atoms with Gasteiger partial charge in [-0.15, -0.1) is 0 Å². The average Bonchev–Trinajstić information content (AvgIpc) is 2.59.